The number of nitrogens with zero attached hydrogens (tertiary/aromatic N) is 5. The van der Waals surface area contributed by atoms with E-state index in [1.54, 1.807) is 19.1 Å². The number of hydrogen-bond acceptors (Lipinski definition) is 7. The lowest BCUT2D eigenvalue weighted by molar-refractivity contribution is -0.385. The van der Waals surface area contributed by atoms with Crippen LogP contribution in [0.3, 0.4) is 0 Å². The molecular weight excluding hydrogens is 302 g/mol. The Bertz CT molecular complexity index is 905. The number of nitro groups is 1. The minimum Gasteiger partial charge on any atom is -0.280 e. The Morgan fingerprint density at radius 3 is 2.87 bits per heavy atom. The van der Waals surface area contributed by atoms with Gasteiger partial charge in [0.25, 0.3) is 11.6 Å². The fourth-order valence-electron chi connectivity index (χ4n) is 1.99. The Morgan fingerprint density at radius 1 is 1.30 bits per heavy atom. The average Bonchev–Trinajstić information content (AvgIpc) is 2.99. The third kappa shape index (κ3) is 2.90. The first-order valence-electron chi connectivity index (χ1n) is 6.53. The molecule has 0 aliphatic rings. The molecule has 0 atom stereocenters. The van der Waals surface area contributed by atoms with E-state index in [-0.39, 0.29) is 5.69 Å². The molecule has 116 valence electrons. The summed E-state index contributed by atoms with van der Waals surface area (Å²) in [6.07, 6.45) is 1.43. The Hall–Kier alpha value is -3.56. The summed E-state index contributed by atoms with van der Waals surface area (Å²) in [6.45, 7) is 1.57. The van der Waals surface area contributed by atoms with Gasteiger partial charge in [0.15, 0.2) is 11.5 Å². The van der Waals surface area contributed by atoms with E-state index in [0.29, 0.717) is 22.6 Å². The Kier molecular flexibility index (Phi) is 3.55. The van der Waals surface area contributed by atoms with Crippen molar-refractivity contribution in [1.82, 2.24) is 25.2 Å². The molecule has 23 heavy (non-hydrogen) atoms. The molecule has 10 nitrogen and oxygen atoms in total. The van der Waals surface area contributed by atoms with Crippen LogP contribution in [0.1, 0.15) is 15.9 Å². The third-order valence-corrected chi connectivity index (χ3v) is 3.12. The van der Waals surface area contributed by atoms with Gasteiger partial charge in [-0.15, -0.1) is 15.3 Å². The predicted molar refractivity (Wildman–Crippen MR) is 79.7 cm³/mol. The van der Waals surface area contributed by atoms with Crippen LogP contribution in [0.2, 0.25) is 0 Å². The van der Waals surface area contributed by atoms with Crippen LogP contribution in [0.25, 0.3) is 5.65 Å². The SMILES string of the molecule is Cc1cc(C(=O)NNc2ccc3nncn3n2)ccc1[N+](=O)[O-]. The predicted octanol–water partition coefficient (Wildman–Crippen LogP) is 1.10. The van der Waals surface area contributed by atoms with Crippen molar-refractivity contribution in [3.8, 4) is 0 Å². The molecule has 2 N–H and O–H groups in total. The number of nitrogens with one attached hydrogen (secondary N) is 2. The molecule has 2 heterocycles. The zero-order valence-electron chi connectivity index (χ0n) is 11.9. The summed E-state index contributed by atoms with van der Waals surface area (Å²) in [7, 11) is 0. The fraction of sp³-hybridized carbons (Fsp3) is 0.0769. The normalized spacial score (nSPS) is 10.5. The number of aromatic nitrogens is 4. The number of hydrazine groups is 1. The molecule has 1 amide bonds. The maximum atomic E-state index is 12.1. The molecular formula is C13H11N7O3. The van der Waals surface area contributed by atoms with Crippen LogP contribution in [0, 0.1) is 17.0 Å². The van der Waals surface area contributed by atoms with Crippen LogP contribution in [-0.4, -0.2) is 30.6 Å². The van der Waals surface area contributed by atoms with Crippen molar-refractivity contribution < 1.29 is 9.72 Å². The van der Waals surface area contributed by atoms with Gasteiger partial charge in [-0.3, -0.25) is 25.8 Å². The van der Waals surface area contributed by atoms with Gasteiger partial charge >= 0.3 is 0 Å². The van der Waals surface area contributed by atoms with Crippen molar-refractivity contribution >= 4 is 23.1 Å². The second-order valence-electron chi connectivity index (χ2n) is 4.69. The molecule has 0 spiro atoms. The summed E-state index contributed by atoms with van der Waals surface area (Å²) < 4.78 is 1.45. The van der Waals surface area contributed by atoms with Crippen molar-refractivity contribution in [2.24, 2.45) is 0 Å². The average molecular weight is 313 g/mol. The standard InChI is InChI=1S/C13H11N7O3/c1-8-6-9(2-3-10(8)20(22)23)13(21)17-15-11-4-5-12-16-14-7-19(12)18-11/h2-7H,1H3,(H,15,18)(H,17,21). The van der Waals surface area contributed by atoms with E-state index in [4.69, 9.17) is 0 Å². The van der Waals surface area contributed by atoms with Gasteiger partial charge in [0.2, 0.25) is 0 Å². The number of nitro benzene ring substituents is 1. The van der Waals surface area contributed by atoms with Gasteiger partial charge in [0, 0.05) is 17.2 Å². The van der Waals surface area contributed by atoms with E-state index < -0.39 is 10.8 Å². The molecule has 0 aliphatic heterocycles. The number of anilines is 1. The lowest BCUT2D eigenvalue weighted by Crippen LogP contribution is -2.30. The molecule has 3 aromatic rings. The minimum atomic E-state index is -0.492. The van der Waals surface area contributed by atoms with Crippen LogP contribution in [-0.2, 0) is 0 Å². The Labute approximate surface area is 129 Å². The van der Waals surface area contributed by atoms with Crippen molar-refractivity contribution in [3.63, 3.8) is 0 Å². The van der Waals surface area contributed by atoms with Crippen LogP contribution >= 0.6 is 0 Å². The smallest absolute Gasteiger partial charge is 0.272 e. The molecule has 10 heteroatoms. The summed E-state index contributed by atoms with van der Waals surface area (Å²) in [5.74, 6) is -0.0436. The first-order chi connectivity index (χ1) is 11.0. The van der Waals surface area contributed by atoms with Crippen molar-refractivity contribution in [3.05, 3.63) is 57.9 Å². The van der Waals surface area contributed by atoms with E-state index in [1.807, 2.05) is 0 Å². The van der Waals surface area contributed by atoms with Crippen molar-refractivity contribution in [1.29, 1.82) is 0 Å². The summed E-state index contributed by atoms with van der Waals surface area (Å²) in [5.41, 5.74) is 6.38. The van der Waals surface area contributed by atoms with E-state index >= 15 is 0 Å². The van der Waals surface area contributed by atoms with Gasteiger partial charge in [-0.1, -0.05) is 0 Å². The zero-order valence-corrected chi connectivity index (χ0v) is 11.9. The van der Waals surface area contributed by atoms with Gasteiger partial charge in [-0.2, -0.15) is 4.52 Å². The lowest BCUT2D eigenvalue weighted by atomic mass is 10.1. The summed E-state index contributed by atoms with van der Waals surface area (Å²) in [6, 6.07) is 7.45. The Morgan fingerprint density at radius 2 is 2.13 bits per heavy atom. The van der Waals surface area contributed by atoms with E-state index in [1.165, 1.54) is 29.0 Å². The number of hydrogen-bond donors (Lipinski definition) is 2. The topological polar surface area (TPSA) is 127 Å². The monoisotopic (exact) mass is 313 g/mol. The van der Waals surface area contributed by atoms with Crippen LogP contribution in [0.5, 0.6) is 0 Å². The number of aryl methyl sites for hydroxylation is 1. The highest BCUT2D eigenvalue weighted by molar-refractivity contribution is 5.95. The van der Waals surface area contributed by atoms with E-state index in [2.05, 4.69) is 26.1 Å². The van der Waals surface area contributed by atoms with Gasteiger partial charge in [0.05, 0.1) is 4.92 Å². The number of rotatable bonds is 4. The number of carbonyl (C=O) groups excluding carboxylic acids is 1. The highest BCUT2D eigenvalue weighted by atomic mass is 16.6. The molecule has 0 fully saturated rings. The van der Waals surface area contributed by atoms with E-state index in [0.717, 1.165) is 0 Å². The number of carbonyl (C=O) groups is 1. The van der Waals surface area contributed by atoms with Crippen LogP contribution < -0.4 is 10.9 Å². The van der Waals surface area contributed by atoms with Gasteiger partial charge < -0.3 is 0 Å². The molecule has 0 saturated heterocycles. The lowest BCUT2D eigenvalue weighted by Gasteiger charge is -2.08. The van der Waals surface area contributed by atoms with Crippen LogP contribution in [0.4, 0.5) is 11.5 Å². The fourth-order valence-corrected chi connectivity index (χ4v) is 1.99. The number of benzene rings is 1. The maximum absolute atomic E-state index is 12.1. The minimum absolute atomic E-state index is 0.0331. The summed E-state index contributed by atoms with van der Waals surface area (Å²) in [4.78, 5) is 22.3. The van der Waals surface area contributed by atoms with E-state index in [9.17, 15) is 14.9 Å². The highest BCUT2D eigenvalue weighted by Crippen LogP contribution is 2.18. The summed E-state index contributed by atoms with van der Waals surface area (Å²) >= 11 is 0. The molecule has 0 aliphatic carbocycles. The first-order valence-corrected chi connectivity index (χ1v) is 6.53. The highest BCUT2D eigenvalue weighted by Gasteiger charge is 2.13. The molecule has 1 aromatic carbocycles. The maximum Gasteiger partial charge on any atom is 0.272 e. The Balaban J connectivity index is 1.71. The van der Waals surface area contributed by atoms with Gasteiger partial charge in [-0.05, 0) is 31.2 Å². The molecule has 0 saturated carbocycles. The molecule has 0 radical (unpaired) electrons. The largest absolute Gasteiger partial charge is 0.280 e. The molecule has 3 rings (SSSR count). The summed E-state index contributed by atoms with van der Waals surface area (Å²) in [5, 5.41) is 22.4. The second kappa shape index (κ2) is 5.67. The molecule has 0 unspecified atom stereocenters. The zero-order chi connectivity index (χ0) is 16.4. The number of fused-ring (bicyclic) bond motifs is 1. The quantitative estimate of drug-likeness (QED) is 0.545. The third-order valence-electron chi connectivity index (χ3n) is 3.12. The second-order valence-corrected chi connectivity index (χ2v) is 4.69. The van der Waals surface area contributed by atoms with Gasteiger partial charge in [0.1, 0.15) is 6.33 Å². The first kappa shape index (κ1) is 14.4. The molecule has 2 aromatic heterocycles. The van der Waals surface area contributed by atoms with Gasteiger partial charge in [-0.25, -0.2) is 0 Å². The van der Waals surface area contributed by atoms with Crippen molar-refractivity contribution in [2.75, 3.05) is 5.43 Å². The van der Waals surface area contributed by atoms with Crippen LogP contribution in [0.15, 0.2) is 36.7 Å². The van der Waals surface area contributed by atoms with Crippen molar-refractivity contribution in [2.45, 2.75) is 6.92 Å². The molecule has 0 bridgehead atoms. The number of amides is 1.